The smallest absolute Gasteiger partial charge is 0.144 e. The molecule has 0 aliphatic rings. The molecule has 3 nitrogen and oxygen atoms in total. The zero-order valence-electron chi connectivity index (χ0n) is 4.05. The molecule has 0 amide bonds. The number of nitrogens with one attached hydrogen (secondary N) is 1. The maximum atomic E-state index is 3.74. The van der Waals surface area contributed by atoms with Gasteiger partial charge in [0.2, 0.25) is 0 Å². The minimum atomic E-state index is 0.852. The van der Waals surface area contributed by atoms with Crippen molar-refractivity contribution in [3.8, 4) is 0 Å². The van der Waals surface area contributed by atoms with Crippen molar-refractivity contribution in [3.63, 3.8) is 0 Å². The highest BCUT2D eigenvalue weighted by molar-refractivity contribution is 5.32. The molecule has 0 atom stereocenters. The minimum absolute atomic E-state index is 0.852. The van der Waals surface area contributed by atoms with E-state index in [-0.39, 0.29) is 0 Å². The molecule has 3 heteroatoms. The van der Waals surface area contributed by atoms with Crippen LogP contribution in [0, 0.1) is 12.4 Å². The van der Waals surface area contributed by atoms with Gasteiger partial charge >= 0.3 is 0 Å². The lowest BCUT2D eigenvalue weighted by molar-refractivity contribution is 1.16. The summed E-state index contributed by atoms with van der Waals surface area (Å²) < 4.78 is 1.74. The molecule has 1 N–H and O–H groups in total. The molecule has 0 aliphatic carbocycles. The normalized spacial score (nSPS) is 10.5. The summed E-state index contributed by atoms with van der Waals surface area (Å²) in [6.45, 7) is 0. The van der Waals surface area contributed by atoms with Crippen LogP contribution in [-0.2, 0) is 0 Å². The molecule has 0 saturated carbocycles. The van der Waals surface area contributed by atoms with Crippen LogP contribution in [-0.4, -0.2) is 14.4 Å². The van der Waals surface area contributed by atoms with Crippen molar-refractivity contribution in [1.29, 1.82) is 0 Å². The van der Waals surface area contributed by atoms with Crippen molar-refractivity contribution in [3.05, 3.63) is 24.9 Å². The highest BCUT2D eigenvalue weighted by atomic mass is 15.0. The van der Waals surface area contributed by atoms with Crippen molar-refractivity contribution >= 4 is 5.65 Å². The Bertz CT molecular complexity index is 229. The predicted octanol–water partition coefficient (Wildman–Crippen LogP) is 0.263. The van der Waals surface area contributed by atoms with Crippen LogP contribution in [0.5, 0.6) is 0 Å². The van der Waals surface area contributed by atoms with E-state index in [9.17, 15) is 0 Å². The lowest BCUT2D eigenvalue weighted by Gasteiger charge is -1.70. The molecule has 0 bridgehead atoms. The molecule has 2 aromatic rings. The standard InChI is InChI=1S/C5H3N3/c1-2-8-4-6-3-5(8)7-1/h1,4,7H. The number of hydrogen-bond donors (Lipinski definition) is 1. The molecule has 0 spiro atoms. The Hall–Kier alpha value is -1.25. The van der Waals surface area contributed by atoms with Gasteiger partial charge in [-0.15, -0.1) is 0 Å². The molecule has 38 valence electrons. The van der Waals surface area contributed by atoms with Crippen LogP contribution in [0.3, 0.4) is 0 Å². The third kappa shape index (κ3) is 0.307. The van der Waals surface area contributed by atoms with Gasteiger partial charge in [-0.25, -0.2) is 4.98 Å². The van der Waals surface area contributed by atoms with Crippen molar-refractivity contribution in [1.82, 2.24) is 14.4 Å². The van der Waals surface area contributed by atoms with E-state index in [1.165, 1.54) is 0 Å². The van der Waals surface area contributed by atoms with Crippen LogP contribution in [0.1, 0.15) is 0 Å². The van der Waals surface area contributed by atoms with E-state index in [1.54, 1.807) is 16.9 Å². The fourth-order valence-corrected chi connectivity index (χ4v) is 0.629. The van der Waals surface area contributed by atoms with Gasteiger partial charge in [-0.1, -0.05) is 0 Å². The summed E-state index contributed by atoms with van der Waals surface area (Å²) in [5.74, 6) is 0. The fourth-order valence-electron chi connectivity index (χ4n) is 0.629. The first-order chi connectivity index (χ1) is 3.97. The first-order valence-corrected chi connectivity index (χ1v) is 2.26. The average molecular weight is 105 g/mol. The molecule has 2 rings (SSSR count). The Morgan fingerprint density at radius 2 is 2.75 bits per heavy atom. The van der Waals surface area contributed by atoms with Crippen LogP contribution in [0.4, 0.5) is 0 Å². The van der Waals surface area contributed by atoms with E-state index in [0.29, 0.717) is 0 Å². The van der Waals surface area contributed by atoms with Crippen molar-refractivity contribution < 1.29 is 0 Å². The van der Waals surface area contributed by atoms with Gasteiger partial charge in [0.05, 0.1) is 6.20 Å². The van der Waals surface area contributed by atoms with Crippen molar-refractivity contribution in [2.24, 2.45) is 0 Å². The van der Waals surface area contributed by atoms with Gasteiger partial charge < -0.3 is 4.98 Å². The molecule has 0 aliphatic heterocycles. The van der Waals surface area contributed by atoms with E-state index in [1.807, 2.05) is 0 Å². The van der Waals surface area contributed by atoms with Gasteiger partial charge in [0.15, 0.2) is 0 Å². The number of aromatic amines is 1. The van der Waals surface area contributed by atoms with Crippen LogP contribution in [0.15, 0.2) is 12.5 Å². The Morgan fingerprint density at radius 3 is 3.62 bits per heavy atom. The Morgan fingerprint density at radius 1 is 1.75 bits per heavy atom. The zero-order valence-corrected chi connectivity index (χ0v) is 4.05. The van der Waals surface area contributed by atoms with Crippen molar-refractivity contribution in [2.45, 2.75) is 0 Å². The third-order valence-electron chi connectivity index (χ3n) is 0.997. The monoisotopic (exact) mass is 105 g/mol. The quantitative estimate of drug-likeness (QED) is 0.512. The fraction of sp³-hybridized carbons (Fsp3) is 0. The summed E-state index contributed by atoms with van der Waals surface area (Å²) in [5, 5.41) is 0. The highest BCUT2D eigenvalue weighted by Gasteiger charge is 1.88. The minimum Gasteiger partial charge on any atom is -0.344 e. The molecular weight excluding hydrogens is 102 g/mol. The van der Waals surface area contributed by atoms with E-state index in [0.717, 1.165) is 5.65 Å². The second-order valence-electron chi connectivity index (χ2n) is 1.49. The number of hydrogen-bond acceptors (Lipinski definition) is 1. The largest absolute Gasteiger partial charge is 0.344 e. The van der Waals surface area contributed by atoms with Crippen LogP contribution in [0.2, 0.25) is 0 Å². The molecular formula is C5H3N3. The number of imidazole rings is 2. The second-order valence-corrected chi connectivity index (χ2v) is 1.49. The number of nitrogens with zero attached hydrogens (tertiary/aromatic N) is 2. The van der Waals surface area contributed by atoms with Gasteiger partial charge in [0.25, 0.3) is 0 Å². The van der Waals surface area contributed by atoms with Gasteiger partial charge in [-0.3, -0.25) is 4.40 Å². The maximum Gasteiger partial charge on any atom is 0.144 e. The first-order valence-electron chi connectivity index (χ1n) is 2.26. The number of fused-ring (bicyclic) bond motifs is 1. The lowest BCUT2D eigenvalue weighted by Crippen LogP contribution is -1.68. The van der Waals surface area contributed by atoms with Crippen LogP contribution < -0.4 is 0 Å². The SMILES string of the molecule is [c]1ncn2[c]c[nH]c12. The first kappa shape index (κ1) is 3.72. The second kappa shape index (κ2) is 1.12. The van der Waals surface area contributed by atoms with Crippen molar-refractivity contribution in [2.75, 3.05) is 0 Å². The van der Waals surface area contributed by atoms with Gasteiger partial charge in [0.1, 0.15) is 18.2 Å². The molecule has 8 heavy (non-hydrogen) atoms. The van der Waals surface area contributed by atoms with Crippen LogP contribution in [0.25, 0.3) is 5.65 Å². The summed E-state index contributed by atoms with van der Waals surface area (Å²) >= 11 is 0. The number of rotatable bonds is 0. The van der Waals surface area contributed by atoms with E-state index >= 15 is 0 Å². The molecule has 0 aromatic carbocycles. The molecule has 0 saturated heterocycles. The summed E-state index contributed by atoms with van der Waals surface area (Å²) in [7, 11) is 0. The predicted molar refractivity (Wildman–Crippen MR) is 27.2 cm³/mol. The van der Waals surface area contributed by atoms with E-state index in [4.69, 9.17) is 0 Å². The third-order valence-corrected chi connectivity index (χ3v) is 0.997. The molecule has 2 radical (unpaired) electrons. The van der Waals surface area contributed by atoms with Gasteiger partial charge in [-0.2, -0.15) is 0 Å². The molecule has 2 aromatic heterocycles. The Kier molecular flexibility index (Phi) is 0.521. The number of H-pyrrole nitrogens is 1. The van der Waals surface area contributed by atoms with E-state index in [2.05, 4.69) is 22.4 Å². The Balaban J connectivity index is 3.06. The lowest BCUT2D eigenvalue weighted by atomic mass is 10.8. The van der Waals surface area contributed by atoms with Gasteiger partial charge in [-0.05, 0) is 0 Å². The van der Waals surface area contributed by atoms with E-state index < -0.39 is 0 Å². The molecule has 0 unspecified atom stereocenters. The summed E-state index contributed by atoms with van der Waals surface area (Å²) in [6, 6.07) is 0. The summed E-state index contributed by atoms with van der Waals surface area (Å²) in [5.41, 5.74) is 0.852. The maximum absolute atomic E-state index is 3.74. The Labute approximate surface area is 46.0 Å². The van der Waals surface area contributed by atoms with Crippen LogP contribution >= 0.6 is 0 Å². The molecule has 2 heterocycles. The topological polar surface area (TPSA) is 33.1 Å². The highest BCUT2D eigenvalue weighted by Crippen LogP contribution is 1.92. The zero-order chi connectivity index (χ0) is 5.40. The average Bonchev–Trinajstić information content (AvgIpc) is 2.15. The summed E-state index contributed by atoms with van der Waals surface area (Å²) in [4.78, 5) is 6.63. The molecule has 0 fully saturated rings. The van der Waals surface area contributed by atoms with Gasteiger partial charge in [0, 0.05) is 6.20 Å². The summed E-state index contributed by atoms with van der Waals surface area (Å²) in [6.07, 6.45) is 8.95. The number of aromatic nitrogens is 3.